The molecule has 2 fully saturated rings. The number of carbonyl (C=O) groups is 3. The van der Waals surface area contributed by atoms with Crippen molar-refractivity contribution in [3.05, 3.63) is 0 Å². The Morgan fingerprint density at radius 1 is 1.24 bits per heavy atom. The van der Waals surface area contributed by atoms with Gasteiger partial charge in [0, 0.05) is 6.42 Å². The minimum atomic E-state index is -0.994. The first kappa shape index (κ1) is 20.0. The Hall–Kier alpha value is -1.30. The summed E-state index contributed by atoms with van der Waals surface area (Å²) in [7, 11) is 0. The van der Waals surface area contributed by atoms with E-state index in [0.717, 1.165) is 12.8 Å². The van der Waals surface area contributed by atoms with Gasteiger partial charge in [-0.1, -0.05) is 20.8 Å². The zero-order chi connectivity index (χ0) is 18.6. The van der Waals surface area contributed by atoms with Crippen molar-refractivity contribution in [2.24, 2.45) is 11.8 Å². The Bertz CT molecular complexity index is 508. The number of halogens is 1. The molecule has 6 unspecified atom stereocenters. The summed E-state index contributed by atoms with van der Waals surface area (Å²) in [5.41, 5.74) is 0. The van der Waals surface area contributed by atoms with Crippen molar-refractivity contribution in [3.8, 4) is 0 Å². The molecule has 1 heterocycles. The highest BCUT2D eigenvalue weighted by atomic mass is 35.5. The van der Waals surface area contributed by atoms with Gasteiger partial charge in [0.2, 0.25) is 0 Å². The van der Waals surface area contributed by atoms with Crippen LogP contribution in [0.4, 0.5) is 0 Å². The lowest BCUT2D eigenvalue weighted by molar-refractivity contribution is -0.186. The van der Waals surface area contributed by atoms with Crippen LogP contribution in [-0.2, 0) is 28.6 Å². The van der Waals surface area contributed by atoms with Crippen LogP contribution in [0, 0.1) is 11.8 Å². The van der Waals surface area contributed by atoms with Crippen molar-refractivity contribution in [3.63, 3.8) is 0 Å². The molecule has 142 valence electrons. The molecule has 2 rings (SSSR count). The standard InChI is InChI=1S/C18H27ClO6/c1-4-12(19)17(21)24-13(5-2)18(22)25-16-10(3)8-11-6-7-15(20)23-14(16)9-11/h10-14,16H,4-9H2,1-3H3. The molecule has 0 aromatic carbocycles. The van der Waals surface area contributed by atoms with E-state index in [-0.39, 0.29) is 11.9 Å². The van der Waals surface area contributed by atoms with Crippen LogP contribution >= 0.6 is 11.6 Å². The van der Waals surface area contributed by atoms with Crippen molar-refractivity contribution in [1.82, 2.24) is 0 Å². The van der Waals surface area contributed by atoms with Crippen LogP contribution < -0.4 is 0 Å². The van der Waals surface area contributed by atoms with Crippen molar-refractivity contribution in [2.75, 3.05) is 0 Å². The normalized spacial score (nSPS) is 31.3. The first-order valence-corrected chi connectivity index (χ1v) is 9.53. The maximum absolute atomic E-state index is 12.5. The second-order valence-corrected chi connectivity index (χ2v) is 7.52. The summed E-state index contributed by atoms with van der Waals surface area (Å²) in [6.45, 7) is 5.49. The van der Waals surface area contributed by atoms with Gasteiger partial charge in [-0.3, -0.25) is 9.59 Å². The second-order valence-electron chi connectivity index (χ2n) is 6.99. The van der Waals surface area contributed by atoms with E-state index in [2.05, 4.69) is 0 Å². The smallest absolute Gasteiger partial charge is 0.347 e. The van der Waals surface area contributed by atoms with E-state index in [1.165, 1.54) is 0 Å². The average molecular weight is 375 g/mol. The fourth-order valence-corrected chi connectivity index (χ4v) is 3.62. The van der Waals surface area contributed by atoms with Crippen molar-refractivity contribution in [1.29, 1.82) is 0 Å². The third kappa shape index (κ3) is 5.09. The highest BCUT2D eigenvalue weighted by Gasteiger charge is 2.43. The number of fused-ring (bicyclic) bond motifs is 2. The molecule has 0 radical (unpaired) electrons. The predicted molar refractivity (Wildman–Crippen MR) is 91.0 cm³/mol. The van der Waals surface area contributed by atoms with Gasteiger partial charge in [-0.2, -0.15) is 0 Å². The zero-order valence-corrected chi connectivity index (χ0v) is 15.8. The molecule has 1 aliphatic carbocycles. The number of esters is 3. The van der Waals surface area contributed by atoms with E-state index < -0.39 is 35.6 Å². The van der Waals surface area contributed by atoms with Gasteiger partial charge in [0.15, 0.2) is 6.10 Å². The molecule has 1 aliphatic heterocycles. The summed E-state index contributed by atoms with van der Waals surface area (Å²) in [5.74, 6) is -0.961. The third-order valence-electron chi connectivity index (χ3n) is 5.00. The predicted octanol–water partition coefficient (Wildman–Crippen LogP) is 2.99. The lowest BCUT2D eigenvalue weighted by Crippen LogP contribution is -2.46. The SMILES string of the molecule is CCC(Cl)C(=O)OC(CC)C(=O)OC1C(C)CC2CCC(=O)OC1C2. The largest absolute Gasteiger partial charge is 0.458 e. The molecule has 2 bridgehead atoms. The summed E-state index contributed by atoms with van der Waals surface area (Å²) in [4.78, 5) is 36.1. The number of rotatable bonds is 6. The fraction of sp³-hybridized carbons (Fsp3) is 0.833. The molecule has 6 nitrogen and oxygen atoms in total. The minimum absolute atomic E-state index is 0.0863. The van der Waals surface area contributed by atoms with E-state index in [1.807, 2.05) is 6.92 Å². The van der Waals surface area contributed by atoms with Gasteiger partial charge in [-0.25, -0.2) is 4.79 Å². The van der Waals surface area contributed by atoms with E-state index in [0.29, 0.717) is 31.6 Å². The van der Waals surface area contributed by atoms with Gasteiger partial charge < -0.3 is 14.2 Å². The first-order chi connectivity index (χ1) is 11.8. The Kier molecular flexibility index (Phi) is 7.11. The molecule has 0 N–H and O–H groups in total. The lowest BCUT2D eigenvalue weighted by Gasteiger charge is -2.37. The Morgan fingerprint density at radius 2 is 1.96 bits per heavy atom. The Balaban J connectivity index is 2.01. The molecule has 1 saturated heterocycles. The molecule has 0 aromatic heterocycles. The van der Waals surface area contributed by atoms with Gasteiger partial charge >= 0.3 is 17.9 Å². The van der Waals surface area contributed by atoms with Gasteiger partial charge in [-0.05, 0) is 43.9 Å². The number of hydrogen-bond acceptors (Lipinski definition) is 6. The topological polar surface area (TPSA) is 78.9 Å². The summed E-state index contributed by atoms with van der Waals surface area (Å²) in [6, 6.07) is 0. The molecule has 0 aromatic rings. The molecular formula is C18H27ClO6. The fourth-order valence-electron chi connectivity index (χ4n) is 3.57. The van der Waals surface area contributed by atoms with Crippen molar-refractivity contribution < 1.29 is 28.6 Å². The van der Waals surface area contributed by atoms with E-state index in [9.17, 15) is 14.4 Å². The van der Waals surface area contributed by atoms with Gasteiger partial charge in [0.25, 0.3) is 0 Å². The molecule has 0 amide bonds. The van der Waals surface area contributed by atoms with E-state index in [4.69, 9.17) is 25.8 Å². The van der Waals surface area contributed by atoms with Crippen LogP contribution in [0.2, 0.25) is 0 Å². The average Bonchev–Trinajstić information content (AvgIpc) is 2.74. The van der Waals surface area contributed by atoms with Gasteiger partial charge in [-0.15, -0.1) is 11.6 Å². The van der Waals surface area contributed by atoms with Crippen molar-refractivity contribution >= 4 is 29.5 Å². The van der Waals surface area contributed by atoms with Crippen LogP contribution in [0.5, 0.6) is 0 Å². The number of alkyl halides is 1. The first-order valence-electron chi connectivity index (χ1n) is 9.10. The summed E-state index contributed by atoms with van der Waals surface area (Å²) >= 11 is 5.86. The monoisotopic (exact) mass is 374 g/mol. The molecule has 0 spiro atoms. The van der Waals surface area contributed by atoms with Crippen LogP contribution in [-0.4, -0.2) is 41.6 Å². The summed E-state index contributed by atoms with van der Waals surface area (Å²) in [5, 5.41) is -0.779. The minimum Gasteiger partial charge on any atom is -0.458 e. The number of ether oxygens (including phenoxy) is 3. The quantitative estimate of drug-likeness (QED) is 0.404. The zero-order valence-electron chi connectivity index (χ0n) is 15.0. The van der Waals surface area contributed by atoms with Crippen molar-refractivity contribution in [2.45, 2.75) is 83.0 Å². The van der Waals surface area contributed by atoms with Crippen LogP contribution in [0.15, 0.2) is 0 Å². The highest BCUT2D eigenvalue weighted by Crippen LogP contribution is 2.38. The second kappa shape index (κ2) is 8.88. The summed E-state index contributed by atoms with van der Waals surface area (Å²) in [6.07, 6.45) is 1.64. The van der Waals surface area contributed by atoms with Gasteiger partial charge in [0.05, 0.1) is 0 Å². The van der Waals surface area contributed by atoms with Gasteiger partial charge in [0.1, 0.15) is 17.6 Å². The molecule has 2 aliphatic rings. The highest BCUT2D eigenvalue weighted by molar-refractivity contribution is 6.29. The Labute approximate surface area is 153 Å². The summed E-state index contributed by atoms with van der Waals surface area (Å²) < 4.78 is 16.3. The van der Waals surface area contributed by atoms with Crippen LogP contribution in [0.1, 0.15) is 59.3 Å². The third-order valence-corrected chi connectivity index (χ3v) is 5.48. The molecule has 7 heteroatoms. The number of hydrogen-bond donors (Lipinski definition) is 0. The number of carbonyl (C=O) groups excluding carboxylic acids is 3. The lowest BCUT2D eigenvalue weighted by atomic mass is 9.77. The molecule has 1 saturated carbocycles. The Morgan fingerprint density at radius 3 is 2.60 bits per heavy atom. The molecule has 6 atom stereocenters. The maximum Gasteiger partial charge on any atom is 0.347 e. The maximum atomic E-state index is 12.5. The van der Waals surface area contributed by atoms with E-state index >= 15 is 0 Å². The van der Waals surface area contributed by atoms with Crippen LogP contribution in [0.3, 0.4) is 0 Å². The molecular weight excluding hydrogens is 348 g/mol. The van der Waals surface area contributed by atoms with Crippen LogP contribution in [0.25, 0.3) is 0 Å². The molecule has 25 heavy (non-hydrogen) atoms. The van der Waals surface area contributed by atoms with E-state index in [1.54, 1.807) is 13.8 Å².